The van der Waals surface area contributed by atoms with Crippen LogP contribution in [-0.4, -0.2) is 144 Å². The number of aliphatic carboxylic acids is 3. The van der Waals surface area contributed by atoms with Gasteiger partial charge in [-0.2, -0.15) is 0 Å². The van der Waals surface area contributed by atoms with Crippen molar-refractivity contribution in [3.63, 3.8) is 0 Å². The van der Waals surface area contributed by atoms with Gasteiger partial charge in [0.1, 0.15) is 48.5 Å². The second-order valence-electron chi connectivity index (χ2n) is 18.8. The van der Waals surface area contributed by atoms with Gasteiger partial charge in [0.25, 0.3) is 0 Å². The summed E-state index contributed by atoms with van der Waals surface area (Å²) in [7, 11) is 0. The molecule has 58 heavy (non-hydrogen) atoms. The smallest absolute Gasteiger partial charge is 0.335 e. The van der Waals surface area contributed by atoms with Crippen LogP contribution in [0.1, 0.15) is 98.8 Å². The number of aliphatic hydroxyl groups excluding tert-OH is 6. The lowest BCUT2D eigenvalue weighted by Crippen LogP contribution is -2.68. The third kappa shape index (κ3) is 7.34. The third-order valence-electron chi connectivity index (χ3n) is 15.1. The van der Waals surface area contributed by atoms with Gasteiger partial charge in [-0.05, 0) is 91.8 Å². The number of carbonyl (C=O) groups is 4. The summed E-state index contributed by atoms with van der Waals surface area (Å²) in [5.41, 5.74) is -1.22. The zero-order chi connectivity index (χ0) is 42.8. The number of allylic oxidation sites excluding steroid dienone is 2. The molecule has 4 fully saturated rings. The van der Waals surface area contributed by atoms with Crippen LogP contribution in [0.2, 0.25) is 0 Å². The van der Waals surface area contributed by atoms with Gasteiger partial charge in [-0.15, -0.1) is 0 Å². The molecular weight excluding hydrogens is 764 g/mol. The van der Waals surface area contributed by atoms with Crippen molar-refractivity contribution >= 4 is 23.7 Å². The summed E-state index contributed by atoms with van der Waals surface area (Å²) in [4.78, 5) is 52.2. The summed E-state index contributed by atoms with van der Waals surface area (Å²) in [5.74, 6) is -4.79. The lowest BCUT2D eigenvalue weighted by atomic mass is 9.45. The Morgan fingerprint density at radius 1 is 0.759 bits per heavy atom. The van der Waals surface area contributed by atoms with Crippen LogP contribution in [0.4, 0.5) is 0 Å². The van der Waals surface area contributed by atoms with Gasteiger partial charge in [0.05, 0.1) is 12.7 Å². The number of carbonyl (C=O) groups excluding carboxylic acids is 1. The zero-order valence-electron chi connectivity index (χ0n) is 33.8. The van der Waals surface area contributed by atoms with E-state index < -0.39 is 109 Å². The van der Waals surface area contributed by atoms with Gasteiger partial charge in [-0.3, -0.25) is 14.4 Å². The number of carboxylic acids is 3. The highest BCUT2D eigenvalue weighted by molar-refractivity contribution is 6.00. The lowest BCUT2D eigenvalue weighted by Gasteiger charge is -2.59. The molecule has 2 saturated carbocycles. The van der Waals surface area contributed by atoms with E-state index in [4.69, 9.17) is 18.9 Å². The number of ketones is 1. The highest BCUT2D eigenvalue weighted by atomic mass is 16.8. The van der Waals surface area contributed by atoms with Crippen molar-refractivity contribution in [2.75, 3.05) is 6.61 Å². The Morgan fingerprint density at radius 2 is 1.43 bits per heavy atom. The van der Waals surface area contributed by atoms with E-state index in [9.17, 15) is 65.1 Å². The second kappa shape index (κ2) is 16.7. The van der Waals surface area contributed by atoms with Crippen molar-refractivity contribution in [1.29, 1.82) is 0 Å². The average Bonchev–Trinajstić information content (AvgIpc) is 3.51. The third-order valence-corrected chi connectivity index (χ3v) is 15.1. The Labute approximate surface area is 337 Å². The van der Waals surface area contributed by atoms with Crippen molar-refractivity contribution < 1.29 is 84.1 Å². The van der Waals surface area contributed by atoms with Crippen molar-refractivity contribution in [3.05, 3.63) is 11.1 Å². The highest BCUT2D eigenvalue weighted by Gasteiger charge is 2.70. The largest absolute Gasteiger partial charge is 0.480 e. The average molecular weight is 827 g/mol. The van der Waals surface area contributed by atoms with Crippen LogP contribution in [0.5, 0.6) is 0 Å². The van der Waals surface area contributed by atoms with Crippen molar-refractivity contribution in [3.8, 4) is 0 Å². The summed E-state index contributed by atoms with van der Waals surface area (Å²) >= 11 is 0. The van der Waals surface area contributed by atoms with Crippen molar-refractivity contribution in [2.45, 2.75) is 166 Å². The van der Waals surface area contributed by atoms with E-state index in [1.807, 2.05) is 20.8 Å². The number of hydrogen-bond acceptors (Lipinski definition) is 14. The molecule has 0 amide bonds. The zero-order valence-corrected chi connectivity index (χ0v) is 33.8. The van der Waals surface area contributed by atoms with Gasteiger partial charge in [0.2, 0.25) is 0 Å². The summed E-state index contributed by atoms with van der Waals surface area (Å²) in [6.45, 7) is 9.64. The first kappa shape index (κ1) is 45.0. The van der Waals surface area contributed by atoms with E-state index in [1.54, 1.807) is 0 Å². The topological polar surface area (TPSA) is 287 Å². The van der Waals surface area contributed by atoms with Crippen LogP contribution in [0.25, 0.3) is 0 Å². The van der Waals surface area contributed by atoms with Gasteiger partial charge in [-0.1, -0.05) is 45.8 Å². The molecule has 17 nitrogen and oxygen atoms in total. The maximum absolute atomic E-state index is 13.6. The number of aliphatic hydroxyl groups is 6. The minimum absolute atomic E-state index is 0.0725. The number of rotatable bonds is 13. The van der Waals surface area contributed by atoms with Crippen LogP contribution in [0, 0.1) is 45.8 Å². The number of fused-ring (bicyclic) bond motifs is 4. The molecule has 6 aliphatic rings. The van der Waals surface area contributed by atoms with Gasteiger partial charge in [0, 0.05) is 12.8 Å². The maximum atomic E-state index is 13.6. The highest BCUT2D eigenvalue weighted by Crippen LogP contribution is 2.68. The summed E-state index contributed by atoms with van der Waals surface area (Å²) < 4.78 is 22.9. The van der Waals surface area contributed by atoms with E-state index in [0.29, 0.717) is 38.0 Å². The molecule has 328 valence electrons. The molecule has 0 spiro atoms. The summed E-state index contributed by atoms with van der Waals surface area (Å²) in [6, 6.07) is 0. The van der Waals surface area contributed by atoms with Crippen LogP contribution >= 0.6 is 0 Å². The second-order valence-corrected chi connectivity index (χ2v) is 18.8. The number of Topliss-reactive ketones (excluding diaryl/α,β-unsaturated/α-hetero) is 1. The monoisotopic (exact) mass is 826 g/mol. The van der Waals surface area contributed by atoms with E-state index >= 15 is 0 Å². The molecule has 4 aliphatic carbocycles. The molecule has 17 atom stereocenters. The lowest BCUT2D eigenvalue weighted by molar-refractivity contribution is -0.372. The van der Waals surface area contributed by atoms with Gasteiger partial charge in [-0.25, -0.2) is 4.79 Å². The first-order valence-corrected chi connectivity index (χ1v) is 20.7. The number of ether oxygens (including phenoxy) is 4. The Morgan fingerprint density at radius 3 is 2.03 bits per heavy atom. The van der Waals surface area contributed by atoms with Crippen molar-refractivity contribution in [1.82, 2.24) is 0 Å². The quantitative estimate of drug-likeness (QED) is 0.0932. The standard InChI is InChI=1S/C41H62O17/c1-17(2)14-19(43)15-18(3)21-7-8-22-20-6-9-25-40(5,23(20)10-12-39(21,22)4)13-11-26(41(25,37(51)52)38(53)54)56-36-33(30(47)29(46)32(57-36)34(49)50)58-35-31(48)28(45)27(44)24(16-42)55-35/h17-18,21-22,24-33,35-36,42,44-48H,6-16H2,1-5H3,(H,49,50)(H,51,52)(H,53,54)/t18-,21-,22+,24-,25-,26+,27+,28+,29+,30+,31-,32+,33-,35+,36-,39-,40-/m1/s1. The number of carboxylic acid groups (broad SMARTS) is 3. The Hall–Kier alpha value is -2.58. The molecule has 0 aromatic heterocycles. The maximum Gasteiger partial charge on any atom is 0.335 e. The van der Waals surface area contributed by atoms with Crippen LogP contribution in [0.3, 0.4) is 0 Å². The summed E-state index contributed by atoms with van der Waals surface area (Å²) in [6.07, 6.45) is -16.0. The molecule has 2 heterocycles. The van der Waals surface area contributed by atoms with E-state index in [1.165, 1.54) is 5.57 Å². The normalized spacial score (nSPS) is 44.2. The Kier molecular flexibility index (Phi) is 12.9. The molecule has 6 rings (SSSR count). The van der Waals surface area contributed by atoms with E-state index in [-0.39, 0.29) is 41.8 Å². The fourth-order valence-electron chi connectivity index (χ4n) is 12.3. The minimum atomic E-state index is -2.60. The first-order valence-electron chi connectivity index (χ1n) is 20.7. The Balaban J connectivity index is 1.31. The molecular formula is C41H62O17. The molecule has 9 N–H and O–H groups in total. The first-order chi connectivity index (χ1) is 27.1. The molecule has 17 heteroatoms. The van der Waals surface area contributed by atoms with Gasteiger partial charge >= 0.3 is 17.9 Å². The van der Waals surface area contributed by atoms with Crippen molar-refractivity contribution in [2.24, 2.45) is 45.8 Å². The molecule has 0 radical (unpaired) electrons. The fourth-order valence-corrected chi connectivity index (χ4v) is 12.3. The number of hydrogen-bond donors (Lipinski definition) is 9. The summed E-state index contributed by atoms with van der Waals surface area (Å²) in [5, 5.41) is 94.8. The minimum Gasteiger partial charge on any atom is -0.480 e. The van der Waals surface area contributed by atoms with Gasteiger partial charge < -0.3 is 64.9 Å². The molecule has 2 saturated heterocycles. The Bertz CT molecular complexity index is 1600. The molecule has 0 bridgehead atoms. The predicted octanol–water partition coefficient (Wildman–Crippen LogP) is 1.22. The molecule has 2 aliphatic heterocycles. The molecule has 0 aromatic rings. The van der Waals surface area contributed by atoms with E-state index in [0.717, 1.165) is 24.8 Å². The predicted molar refractivity (Wildman–Crippen MR) is 198 cm³/mol. The molecule has 0 unspecified atom stereocenters. The fraction of sp³-hybridized carbons (Fsp3) is 0.854. The van der Waals surface area contributed by atoms with Gasteiger partial charge in [0.15, 0.2) is 24.1 Å². The van der Waals surface area contributed by atoms with Crippen LogP contribution in [-0.2, 0) is 38.1 Å². The SMILES string of the molecule is CC(C)CC(=O)C[C@@H](C)[C@H]1CC[C@H]2C3=C(CC[C@]12C)[C@@]1(C)CC[C@H](O[C@@H]2O[C@H](C(=O)O)[C@@H](O)[C@H](O)[C@H]2O[C@@H]2O[C@H](CO)[C@H](O)[C@H](O)[C@H]2O)C(C(=O)O)(C(=O)O)[C@@H]1CC3. The van der Waals surface area contributed by atoms with Crippen LogP contribution in [0.15, 0.2) is 11.1 Å². The van der Waals surface area contributed by atoms with E-state index in [2.05, 4.69) is 13.8 Å². The molecule has 0 aromatic carbocycles. The van der Waals surface area contributed by atoms with Crippen LogP contribution < -0.4 is 0 Å².